The van der Waals surface area contributed by atoms with E-state index in [9.17, 15) is 17.6 Å². The van der Waals surface area contributed by atoms with Crippen LogP contribution in [-0.2, 0) is 14.8 Å². The van der Waals surface area contributed by atoms with E-state index in [2.05, 4.69) is 0 Å². The Labute approximate surface area is 155 Å². The molecule has 2 aromatic rings. The molecule has 1 amide bonds. The molecule has 1 aromatic carbocycles. The molecule has 136 valence electrons. The Hall–Kier alpha value is -1.48. The summed E-state index contributed by atoms with van der Waals surface area (Å²) in [5.74, 6) is -0.726. The van der Waals surface area contributed by atoms with Crippen LogP contribution in [0.15, 0.2) is 40.6 Å². The maximum Gasteiger partial charge on any atom is 0.252 e. The van der Waals surface area contributed by atoms with Crippen molar-refractivity contribution in [2.75, 3.05) is 20.6 Å². The standard InChI is InChI=1S/C16H18ClFN2O3S2/c1-11(12-4-6-13(18)7-5-12)20(3)15(21)10-19(2)25(22,23)16-9-8-14(17)24-16/h4-9,11H,10H2,1-3H3. The summed E-state index contributed by atoms with van der Waals surface area (Å²) in [5, 5.41) is 0. The molecule has 0 fully saturated rings. The van der Waals surface area contributed by atoms with Crippen LogP contribution >= 0.6 is 22.9 Å². The number of sulfonamides is 1. The van der Waals surface area contributed by atoms with Crippen LogP contribution in [0.4, 0.5) is 4.39 Å². The van der Waals surface area contributed by atoms with Gasteiger partial charge in [0.15, 0.2) is 0 Å². The molecule has 0 saturated heterocycles. The van der Waals surface area contributed by atoms with E-state index in [0.717, 1.165) is 21.2 Å². The molecule has 1 aromatic heterocycles. The predicted molar refractivity (Wildman–Crippen MR) is 96.7 cm³/mol. The van der Waals surface area contributed by atoms with Crippen molar-refractivity contribution in [2.45, 2.75) is 17.2 Å². The van der Waals surface area contributed by atoms with Crippen molar-refractivity contribution in [3.05, 3.63) is 52.1 Å². The Morgan fingerprint density at radius 3 is 2.32 bits per heavy atom. The van der Waals surface area contributed by atoms with E-state index in [1.807, 2.05) is 0 Å². The lowest BCUT2D eigenvalue weighted by molar-refractivity contribution is -0.131. The number of amides is 1. The minimum absolute atomic E-state index is 0.0852. The van der Waals surface area contributed by atoms with E-state index < -0.39 is 10.0 Å². The Morgan fingerprint density at radius 1 is 1.20 bits per heavy atom. The highest BCUT2D eigenvalue weighted by atomic mass is 35.5. The molecule has 0 saturated carbocycles. The number of likely N-dealkylation sites (N-methyl/N-ethyl adjacent to an activating group) is 2. The summed E-state index contributed by atoms with van der Waals surface area (Å²) < 4.78 is 39.3. The molecular weight excluding hydrogens is 387 g/mol. The smallest absolute Gasteiger partial charge is 0.252 e. The predicted octanol–water partition coefficient (Wildman–Crippen LogP) is 3.38. The van der Waals surface area contributed by atoms with Crippen molar-refractivity contribution in [3.8, 4) is 0 Å². The van der Waals surface area contributed by atoms with Gasteiger partial charge in [0.25, 0.3) is 10.0 Å². The molecule has 0 spiro atoms. The van der Waals surface area contributed by atoms with Gasteiger partial charge in [-0.2, -0.15) is 4.31 Å². The number of thiophene rings is 1. The Balaban J connectivity index is 2.08. The fourth-order valence-electron chi connectivity index (χ4n) is 2.16. The number of hydrogen-bond donors (Lipinski definition) is 0. The van der Waals surface area contributed by atoms with Crippen molar-refractivity contribution in [2.24, 2.45) is 0 Å². The Kier molecular flexibility index (Phi) is 6.21. The van der Waals surface area contributed by atoms with Crippen LogP contribution in [-0.4, -0.2) is 44.2 Å². The van der Waals surface area contributed by atoms with Crippen molar-refractivity contribution < 1.29 is 17.6 Å². The molecule has 0 aliphatic heterocycles. The summed E-state index contributed by atoms with van der Waals surface area (Å²) in [5.41, 5.74) is 0.757. The first-order valence-electron chi connectivity index (χ1n) is 7.35. The lowest BCUT2D eigenvalue weighted by Crippen LogP contribution is -2.40. The fourth-order valence-corrected chi connectivity index (χ4v) is 4.97. The highest BCUT2D eigenvalue weighted by Crippen LogP contribution is 2.27. The zero-order chi connectivity index (χ0) is 18.8. The molecule has 1 unspecified atom stereocenters. The summed E-state index contributed by atoms with van der Waals surface area (Å²) in [6, 6.07) is 8.42. The number of nitrogens with zero attached hydrogens (tertiary/aromatic N) is 2. The van der Waals surface area contributed by atoms with E-state index in [-0.39, 0.29) is 28.5 Å². The molecular formula is C16H18ClFN2O3S2. The van der Waals surface area contributed by atoms with Crippen LogP contribution in [0.25, 0.3) is 0 Å². The first kappa shape index (κ1) is 19.8. The lowest BCUT2D eigenvalue weighted by atomic mass is 10.1. The third kappa shape index (κ3) is 4.58. The topological polar surface area (TPSA) is 57.7 Å². The normalized spacial score (nSPS) is 13.0. The summed E-state index contributed by atoms with van der Waals surface area (Å²) in [4.78, 5) is 13.9. The summed E-state index contributed by atoms with van der Waals surface area (Å²) in [7, 11) is -0.846. The minimum atomic E-state index is -3.77. The number of carbonyl (C=O) groups excluding carboxylic acids is 1. The Morgan fingerprint density at radius 2 is 1.80 bits per heavy atom. The summed E-state index contributed by atoms with van der Waals surface area (Å²) >= 11 is 6.72. The number of carbonyl (C=O) groups is 1. The molecule has 9 heteroatoms. The van der Waals surface area contributed by atoms with Crippen LogP contribution in [0.2, 0.25) is 4.34 Å². The SMILES string of the molecule is CC(c1ccc(F)cc1)N(C)C(=O)CN(C)S(=O)(=O)c1ccc(Cl)s1. The fraction of sp³-hybridized carbons (Fsp3) is 0.312. The zero-order valence-corrected chi connectivity index (χ0v) is 16.3. The molecule has 0 radical (unpaired) electrons. The van der Waals surface area contributed by atoms with Crippen molar-refractivity contribution in [1.29, 1.82) is 0 Å². The number of halogens is 2. The summed E-state index contributed by atoms with van der Waals surface area (Å²) in [6.07, 6.45) is 0. The zero-order valence-electron chi connectivity index (χ0n) is 13.9. The van der Waals surface area contributed by atoms with E-state index >= 15 is 0 Å². The molecule has 1 atom stereocenters. The van der Waals surface area contributed by atoms with Gasteiger partial charge < -0.3 is 4.90 Å². The van der Waals surface area contributed by atoms with Gasteiger partial charge in [-0.1, -0.05) is 23.7 Å². The van der Waals surface area contributed by atoms with Crippen LogP contribution in [0.1, 0.15) is 18.5 Å². The highest BCUT2D eigenvalue weighted by molar-refractivity contribution is 7.91. The molecule has 2 rings (SSSR count). The third-order valence-electron chi connectivity index (χ3n) is 3.90. The van der Waals surface area contributed by atoms with Gasteiger partial charge in [0, 0.05) is 14.1 Å². The van der Waals surface area contributed by atoms with Gasteiger partial charge >= 0.3 is 0 Å². The second-order valence-electron chi connectivity index (χ2n) is 5.55. The second kappa shape index (κ2) is 7.82. The van der Waals surface area contributed by atoms with Gasteiger partial charge in [-0.15, -0.1) is 11.3 Å². The lowest BCUT2D eigenvalue weighted by Gasteiger charge is -2.27. The molecule has 0 bridgehead atoms. The van der Waals surface area contributed by atoms with Crippen molar-refractivity contribution in [1.82, 2.24) is 9.21 Å². The first-order valence-corrected chi connectivity index (χ1v) is 9.99. The summed E-state index contributed by atoms with van der Waals surface area (Å²) in [6.45, 7) is 1.48. The van der Waals surface area contributed by atoms with Crippen LogP contribution < -0.4 is 0 Å². The molecule has 0 aliphatic carbocycles. The monoisotopic (exact) mass is 404 g/mol. The Bertz CT molecular complexity index is 853. The average Bonchev–Trinajstić information content (AvgIpc) is 3.01. The van der Waals surface area contributed by atoms with Crippen LogP contribution in [0, 0.1) is 5.82 Å². The minimum Gasteiger partial charge on any atom is -0.338 e. The molecule has 25 heavy (non-hydrogen) atoms. The van der Waals surface area contributed by atoms with Gasteiger partial charge in [0.1, 0.15) is 10.0 Å². The molecule has 0 aliphatic rings. The van der Waals surface area contributed by atoms with Gasteiger partial charge in [-0.25, -0.2) is 12.8 Å². The molecule has 0 N–H and O–H groups in total. The van der Waals surface area contributed by atoms with E-state index in [0.29, 0.717) is 4.34 Å². The average molecular weight is 405 g/mol. The maximum absolute atomic E-state index is 13.0. The van der Waals surface area contributed by atoms with Gasteiger partial charge in [-0.05, 0) is 36.8 Å². The molecule has 1 heterocycles. The first-order chi connectivity index (χ1) is 11.6. The number of rotatable bonds is 6. The van der Waals surface area contributed by atoms with Crippen LogP contribution in [0.5, 0.6) is 0 Å². The number of benzene rings is 1. The largest absolute Gasteiger partial charge is 0.338 e. The van der Waals surface area contributed by atoms with E-state index in [4.69, 9.17) is 11.6 Å². The van der Waals surface area contributed by atoms with E-state index in [1.54, 1.807) is 26.1 Å². The molecule has 5 nitrogen and oxygen atoms in total. The highest BCUT2D eigenvalue weighted by Gasteiger charge is 2.27. The quantitative estimate of drug-likeness (QED) is 0.741. The van der Waals surface area contributed by atoms with Gasteiger partial charge in [-0.3, -0.25) is 4.79 Å². The van der Waals surface area contributed by atoms with Crippen LogP contribution in [0.3, 0.4) is 0 Å². The van der Waals surface area contributed by atoms with Crippen molar-refractivity contribution in [3.63, 3.8) is 0 Å². The van der Waals surface area contributed by atoms with E-state index in [1.165, 1.54) is 36.2 Å². The number of hydrogen-bond acceptors (Lipinski definition) is 4. The van der Waals surface area contributed by atoms with Gasteiger partial charge in [0.2, 0.25) is 5.91 Å². The third-order valence-corrected chi connectivity index (χ3v) is 7.40. The van der Waals surface area contributed by atoms with Gasteiger partial charge in [0.05, 0.1) is 16.9 Å². The van der Waals surface area contributed by atoms with Crippen molar-refractivity contribution >= 4 is 38.9 Å². The maximum atomic E-state index is 13.0. The second-order valence-corrected chi connectivity index (χ2v) is 9.54.